The summed E-state index contributed by atoms with van der Waals surface area (Å²) in [5.74, 6) is -1.46. The van der Waals surface area contributed by atoms with Gasteiger partial charge in [0.1, 0.15) is 5.75 Å². The topological polar surface area (TPSA) is 35.5 Å². The number of hydrogen-bond acceptors (Lipinski definition) is 3. The summed E-state index contributed by atoms with van der Waals surface area (Å²) in [4.78, 5) is 11.6. The van der Waals surface area contributed by atoms with E-state index >= 15 is 0 Å². The van der Waals surface area contributed by atoms with Crippen LogP contribution in [0, 0.1) is 0 Å². The van der Waals surface area contributed by atoms with Crippen LogP contribution in [0.5, 0.6) is 5.75 Å². The highest BCUT2D eigenvalue weighted by molar-refractivity contribution is 5.88. The first-order chi connectivity index (χ1) is 10.7. The van der Waals surface area contributed by atoms with Gasteiger partial charge in [0.05, 0.1) is 13.7 Å². The summed E-state index contributed by atoms with van der Waals surface area (Å²) in [5.41, 5.74) is -5.03. The molecule has 0 aliphatic rings. The van der Waals surface area contributed by atoms with Gasteiger partial charge in [-0.3, -0.25) is 0 Å². The molecule has 124 valence electrons. The smallest absolute Gasteiger partial charge is 0.437 e. The van der Waals surface area contributed by atoms with Crippen molar-refractivity contribution in [3.05, 3.63) is 42.0 Å². The van der Waals surface area contributed by atoms with Crippen LogP contribution >= 0.6 is 0 Å². The van der Waals surface area contributed by atoms with Gasteiger partial charge in [-0.1, -0.05) is 18.2 Å². The summed E-state index contributed by atoms with van der Waals surface area (Å²) < 4.78 is 63.5. The number of methoxy groups -OCH3 is 1. The van der Waals surface area contributed by atoms with E-state index in [2.05, 4.69) is 4.74 Å². The van der Waals surface area contributed by atoms with Gasteiger partial charge in [0.2, 0.25) is 0 Å². The fourth-order valence-electron chi connectivity index (χ4n) is 2.19. The van der Waals surface area contributed by atoms with E-state index in [1.165, 1.54) is 32.2 Å². The van der Waals surface area contributed by atoms with E-state index in [0.29, 0.717) is 16.5 Å². The summed E-state index contributed by atoms with van der Waals surface area (Å²) >= 11 is 0. The van der Waals surface area contributed by atoms with Gasteiger partial charge in [0.15, 0.2) is 0 Å². The van der Waals surface area contributed by atoms with Crippen molar-refractivity contribution in [2.24, 2.45) is 0 Å². The molecule has 0 bridgehead atoms. The molecular weight excluding hydrogens is 316 g/mol. The second-order valence-electron chi connectivity index (χ2n) is 4.80. The molecule has 0 spiro atoms. The highest BCUT2D eigenvalue weighted by Crippen LogP contribution is 2.44. The van der Waals surface area contributed by atoms with Crippen LogP contribution in [0.15, 0.2) is 36.4 Å². The van der Waals surface area contributed by atoms with E-state index in [-0.39, 0.29) is 6.61 Å². The summed E-state index contributed by atoms with van der Waals surface area (Å²) in [5, 5.41) is 0.903. The Kier molecular flexibility index (Phi) is 4.49. The van der Waals surface area contributed by atoms with E-state index in [1.54, 1.807) is 6.07 Å². The Hall–Kier alpha value is -2.31. The number of carbonyl (C=O) groups excluding carboxylic acids is 1. The number of hydrogen-bond donors (Lipinski definition) is 0. The predicted molar refractivity (Wildman–Crippen MR) is 76.0 cm³/mol. The van der Waals surface area contributed by atoms with E-state index in [1.807, 2.05) is 0 Å². The van der Waals surface area contributed by atoms with Gasteiger partial charge in [0, 0.05) is 5.56 Å². The number of ether oxygens (including phenoxy) is 2. The fraction of sp³-hybridized carbons (Fsp3) is 0.312. The average molecular weight is 330 g/mol. The Bertz CT molecular complexity index is 727. The van der Waals surface area contributed by atoms with Gasteiger partial charge in [-0.2, -0.15) is 13.2 Å². The highest BCUT2D eigenvalue weighted by atomic mass is 19.4. The zero-order valence-electron chi connectivity index (χ0n) is 12.4. The third-order valence-electron chi connectivity index (χ3n) is 3.39. The lowest BCUT2D eigenvalue weighted by atomic mass is 9.92. The first-order valence-electron chi connectivity index (χ1n) is 6.75. The van der Waals surface area contributed by atoms with Crippen molar-refractivity contribution in [2.45, 2.75) is 18.8 Å². The number of rotatable bonds is 4. The summed E-state index contributed by atoms with van der Waals surface area (Å²) in [6, 6.07) is 7.82. The first kappa shape index (κ1) is 17.1. The third-order valence-corrected chi connectivity index (χ3v) is 3.39. The molecule has 0 aromatic heterocycles. The lowest BCUT2D eigenvalue weighted by molar-refractivity contribution is -0.243. The molecule has 0 N–H and O–H groups in total. The molecule has 0 fully saturated rings. The second-order valence-corrected chi connectivity index (χ2v) is 4.80. The minimum Gasteiger partial charge on any atom is -0.497 e. The van der Waals surface area contributed by atoms with Crippen LogP contribution in [0.3, 0.4) is 0 Å². The Morgan fingerprint density at radius 3 is 2.22 bits per heavy atom. The average Bonchev–Trinajstić information content (AvgIpc) is 2.52. The van der Waals surface area contributed by atoms with E-state index in [0.717, 1.165) is 12.1 Å². The maximum Gasteiger partial charge on any atom is 0.437 e. The van der Waals surface area contributed by atoms with E-state index in [9.17, 15) is 22.4 Å². The monoisotopic (exact) mass is 330 g/mol. The van der Waals surface area contributed by atoms with Gasteiger partial charge >= 0.3 is 17.8 Å². The minimum atomic E-state index is -5.43. The molecule has 1 unspecified atom stereocenters. The Balaban J connectivity index is 2.59. The van der Waals surface area contributed by atoms with E-state index in [4.69, 9.17) is 4.74 Å². The number of fused-ring (bicyclic) bond motifs is 1. The molecule has 2 rings (SSSR count). The zero-order valence-corrected chi connectivity index (χ0v) is 12.4. The Morgan fingerprint density at radius 1 is 1.04 bits per heavy atom. The molecule has 0 heterocycles. The summed E-state index contributed by atoms with van der Waals surface area (Å²) in [7, 11) is 1.45. The molecule has 0 aliphatic carbocycles. The Labute approximate surface area is 129 Å². The third kappa shape index (κ3) is 2.95. The van der Waals surface area contributed by atoms with Crippen molar-refractivity contribution in [1.29, 1.82) is 0 Å². The molecule has 2 aromatic rings. The van der Waals surface area contributed by atoms with Crippen LogP contribution in [0.4, 0.5) is 17.6 Å². The van der Waals surface area contributed by atoms with Crippen LogP contribution in [0.25, 0.3) is 10.8 Å². The van der Waals surface area contributed by atoms with Crippen molar-refractivity contribution in [3.8, 4) is 5.75 Å². The van der Waals surface area contributed by atoms with Crippen LogP contribution in [-0.4, -0.2) is 25.9 Å². The minimum absolute atomic E-state index is 0.346. The molecule has 2 aromatic carbocycles. The fourth-order valence-corrected chi connectivity index (χ4v) is 2.19. The maximum atomic E-state index is 14.7. The van der Waals surface area contributed by atoms with Crippen molar-refractivity contribution in [3.63, 3.8) is 0 Å². The number of esters is 1. The van der Waals surface area contributed by atoms with Crippen molar-refractivity contribution >= 4 is 16.7 Å². The van der Waals surface area contributed by atoms with Crippen molar-refractivity contribution in [1.82, 2.24) is 0 Å². The normalized spacial score (nSPS) is 14.3. The van der Waals surface area contributed by atoms with E-state index < -0.39 is 23.4 Å². The molecule has 0 radical (unpaired) electrons. The second kappa shape index (κ2) is 6.06. The molecule has 1 atom stereocenters. The molecule has 7 heteroatoms. The van der Waals surface area contributed by atoms with Crippen LogP contribution in [-0.2, 0) is 15.2 Å². The number of benzene rings is 2. The molecule has 0 saturated carbocycles. The SMILES string of the molecule is CCOC(=O)C(F)(c1ccc2cc(OC)ccc2c1)C(F)(F)F. The van der Waals surface area contributed by atoms with Crippen LogP contribution in [0.2, 0.25) is 0 Å². The molecule has 0 amide bonds. The number of halogens is 4. The van der Waals surface area contributed by atoms with Crippen molar-refractivity contribution < 1.29 is 31.8 Å². The van der Waals surface area contributed by atoms with Gasteiger partial charge < -0.3 is 9.47 Å². The molecule has 0 saturated heterocycles. The molecular formula is C16H14F4O3. The zero-order chi connectivity index (χ0) is 17.3. The number of alkyl halides is 4. The largest absolute Gasteiger partial charge is 0.497 e. The molecule has 0 aliphatic heterocycles. The first-order valence-corrected chi connectivity index (χ1v) is 6.75. The van der Waals surface area contributed by atoms with Gasteiger partial charge in [-0.25, -0.2) is 9.18 Å². The van der Waals surface area contributed by atoms with Crippen molar-refractivity contribution in [2.75, 3.05) is 13.7 Å². The predicted octanol–water partition coefficient (Wildman–Crippen LogP) is 4.14. The highest BCUT2D eigenvalue weighted by Gasteiger charge is 2.64. The lowest BCUT2D eigenvalue weighted by Crippen LogP contribution is -2.46. The quantitative estimate of drug-likeness (QED) is 0.624. The van der Waals surface area contributed by atoms with Gasteiger partial charge in [-0.05, 0) is 35.9 Å². The summed E-state index contributed by atoms with van der Waals surface area (Å²) in [6.45, 7) is 0.951. The van der Waals surface area contributed by atoms with Gasteiger partial charge in [-0.15, -0.1) is 0 Å². The summed E-state index contributed by atoms with van der Waals surface area (Å²) in [6.07, 6.45) is -5.43. The standard InChI is InChI=1S/C16H14F4O3/c1-3-23-14(21)15(17,16(18,19)20)12-6-4-11-9-13(22-2)7-5-10(11)8-12/h4-9H,3H2,1-2H3. The lowest BCUT2D eigenvalue weighted by Gasteiger charge is -2.26. The number of carbonyl (C=O) groups is 1. The van der Waals surface area contributed by atoms with Crippen LogP contribution < -0.4 is 4.74 Å². The molecule has 23 heavy (non-hydrogen) atoms. The van der Waals surface area contributed by atoms with Crippen LogP contribution in [0.1, 0.15) is 12.5 Å². The molecule has 3 nitrogen and oxygen atoms in total. The van der Waals surface area contributed by atoms with Gasteiger partial charge in [0.25, 0.3) is 0 Å². The maximum absolute atomic E-state index is 14.7. The Morgan fingerprint density at radius 2 is 1.65 bits per heavy atom.